The number of nitrogens with zero attached hydrogens (tertiary/aromatic N) is 4. The van der Waals surface area contributed by atoms with Crippen LogP contribution in [-0.2, 0) is 0 Å². The molecular formula is C45H26N4O. The van der Waals surface area contributed by atoms with Gasteiger partial charge in [-0.1, -0.05) is 133 Å². The molecule has 0 aliphatic heterocycles. The Labute approximate surface area is 286 Å². The zero-order chi connectivity index (χ0) is 32.8. The Balaban J connectivity index is 1.10. The lowest BCUT2D eigenvalue weighted by Gasteiger charge is -2.10. The van der Waals surface area contributed by atoms with Crippen molar-refractivity contribution in [2.45, 2.75) is 0 Å². The van der Waals surface area contributed by atoms with Crippen molar-refractivity contribution in [1.82, 2.24) is 19.4 Å². The Hall–Kier alpha value is -6.85. The van der Waals surface area contributed by atoms with Crippen molar-refractivity contribution in [3.8, 4) is 45.3 Å². The molecule has 0 saturated heterocycles. The van der Waals surface area contributed by atoms with Gasteiger partial charge in [0.2, 0.25) is 0 Å². The summed E-state index contributed by atoms with van der Waals surface area (Å²) in [6, 6.07) is 54.8. The van der Waals surface area contributed by atoms with Crippen LogP contribution in [0.3, 0.4) is 0 Å². The molecule has 7 aromatic carbocycles. The van der Waals surface area contributed by atoms with E-state index in [4.69, 9.17) is 19.4 Å². The molecule has 0 N–H and O–H groups in total. The molecule has 5 nitrogen and oxygen atoms in total. The number of aromatic nitrogens is 4. The molecule has 0 atom stereocenters. The summed E-state index contributed by atoms with van der Waals surface area (Å²) in [6.07, 6.45) is 0. The fourth-order valence-electron chi connectivity index (χ4n) is 7.71. The maximum Gasteiger partial charge on any atom is 0.164 e. The summed E-state index contributed by atoms with van der Waals surface area (Å²) in [6.45, 7) is 0. The van der Waals surface area contributed by atoms with E-state index in [-0.39, 0.29) is 0 Å². The first-order chi connectivity index (χ1) is 24.8. The molecule has 232 valence electrons. The molecule has 0 aliphatic carbocycles. The molecule has 0 aliphatic rings. The smallest absolute Gasteiger partial charge is 0.164 e. The molecule has 4 heterocycles. The van der Waals surface area contributed by atoms with E-state index in [1.165, 1.54) is 38.1 Å². The average molecular weight is 639 g/mol. The lowest BCUT2D eigenvalue weighted by molar-refractivity contribution is 0.670. The van der Waals surface area contributed by atoms with Gasteiger partial charge in [-0.3, -0.25) is 0 Å². The second kappa shape index (κ2) is 10.3. The quantitative estimate of drug-likeness (QED) is 0.192. The van der Waals surface area contributed by atoms with Gasteiger partial charge in [-0.05, 0) is 29.8 Å². The van der Waals surface area contributed by atoms with Gasteiger partial charge in [0.05, 0.1) is 16.6 Å². The van der Waals surface area contributed by atoms with Crippen LogP contribution >= 0.6 is 0 Å². The lowest BCUT2D eigenvalue weighted by Crippen LogP contribution is -2.00. The Morgan fingerprint density at radius 2 is 0.940 bits per heavy atom. The van der Waals surface area contributed by atoms with Crippen LogP contribution in [0.25, 0.3) is 105 Å². The van der Waals surface area contributed by atoms with Gasteiger partial charge in [0.25, 0.3) is 0 Å². The van der Waals surface area contributed by atoms with Crippen LogP contribution < -0.4 is 0 Å². The van der Waals surface area contributed by atoms with Crippen LogP contribution in [0.5, 0.6) is 0 Å². The maximum atomic E-state index is 6.77. The normalized spacial score (nSPS) is 12.0. The number of rotatable bonds is 4. The number of hydrogen-bond donors (Lipinski definition) is 0. The number of benzene rings is 7. The van der Waals surface area contributed by atoms with Crippen LogP contribution in [0.2, 0.25) is 0 Å². The number of hydrogen-bond acceptors (Lipinski definition) is 4. The predicted molar refractivity (Wildman–Crippen MR) is 204 cm³/mol. The molecule has 0 saturated carbocycles. The van der Waals surface area contributed by atoms with Gasteiger partial charge >= 0.3 is 0 Å². The summed E-state index contributed by atoms with van der Waals surface area (Å²) in [7, 11) is 0. The van der Waals surface area contributed by atoms with Gasteiger partial charge in [0.15, 0.2) is 17.5 Å². The molecule has 50 heavy (non-hydrogen) atoms. The van der Waals surface area contributed by atoms with Gasteiger partial charge in [0.1, 0.15) is 11.2 Å². The van der Waals surface area contributed by atoms with Crippen molar-refractivity contribution < 1.29 is 4.42 Å². The largest absolute Gasteiger partial charge is 0.455 e. The second-order valence-corrected chi connectivity index (χ2v) is 12.8. The first-order valence-corrected chi connectivity index (χ1v) is 16.8. The van der Waals surface area contributed by atoms with E-state index in [2.05, 4.69) is 101 Å². The highest BCUT2D eigenvalue weighted by atomic mass is 16.3. The van der Waals surface area contributed by atoms with Gasteiger partial charge in [-0.15, -0.1) is 0 Å². The summed E-state index contributed by atoms with van der Waals surface area (Å²) >= 11 is 0. The first kappa shape index (κ1) is 27.1. The zero-order valence-corrected chi connectivity index (χ0v) is 26.7. The SMILES string of the molecule is c1ccc(-c2nc(-c3ccccc3)nc(-c3cccc(-c4cccc5c4oc4cc6c7cccc8c9ccccc9n(c6cc45)c87)c3)n2)cc1. The maximum absolute atomic E-state index is 6.77. The topological polar surface area (TPSA) is 56.2 Å². The molecule has 0 spiro atoms. The standard InChI is InChI=1S/C45H26N4O/c1-3-12-27(13-4-1)43-46-44(28-14-5-2-6-15-28)48-45(47-43)30-17-9-16-29(24-30)31-19-10-22-35-37-25-39-36(26-40(37)50-42(31)35)34-21-11-20-33-32-18-7-8-23-38(32)49(39)41(33)34/h1-26H. The molecule has 0 unspecified atom stereocenters. The van der Waals surface area contributed by atoms with Crippen LogP contribution in [0.4, 0.5) is 0 Å². The Morgan fingerprint density at radius 1 is 0.380 bits per heavy atom. The summed E-state index contributed by atoms with van der Waals surface area (Å²) in [5.74, 6) is 1.90. The minimum Gasteiger partial charge on any atom is -0.455 e. The first-order valence-electron chi connectivity index (χ1n) is 16.8. The van der Waals surface area contributed by atoms with Crippen molar-refractivity contribution in [2.24, 2.45) is 0 Å². The van der Waals surface area contributed by atoms with Crippen LogP contribution in [0.1, 0.15) is 0 Å². The van der Waals surface area contributed by atoms with E-state index in [0.717, 1.165) is 49.8 Å². The molecule has 0 fully saturated rings. The minimum atomic E-state index is 0.622. The van der Waals surface area contributed by atoms with E-state index < -0.39 is 0 Å². The summed E-state index contributed by atoms with van der Waals surface area (Å²) < 4.78 is 9.19. The van der Waals surface area contributed by atoms with Gasteiger partial charge in [-0.2, -0.15) is 0 Å². The lowest BCUT2D eigenvalue weighted by atomic mass is 10.00. The Bertz CT molecular complexity index is 3030. The highest BCUT2D eigenvalue weighted by molar-refractivity contribution is 6.25. The van der Waals surface area contributed by atoms with Crippen molar-refractivity contribution in [2.75, 3.05) is 0 Å². The van der Waals surface area contributed by atoms with Gasteiger partial charge < -0.3 is 8.82 Å². The van der Waals surface area contributed by atoms with Crippen molar-refractivity contribution in [3.05, 3.63) is 158 Å². The van der Waals surface area contributed by atoms with Gasteiger partial charge in [-0.25, -0.2) is 15.0 Å². The molecule has 4 aromatic heterocycles. The minimum absolute atomic E-state index is 0.622. The fraction of sp³-hybridized carbons (Fsp3) is 0. The number of furan rings is 1. The predicted octanol–water partition coefficient (Wildman–Crippen LogP) is 11.6. The van der Waals surface area contributed by atoms with E-state index in [1.54, 1.807) is 0 Å². The van der Waals surface area contributed by atoms with Crippen molar-refractivity contribution >= 4 is 60.0 Å². The highest BCUT2D eigenvalue weighted by Gasteiger charge is 2.20. The number of fused-ring (bicyclic) bond motifs is 9. The summed E-state index contributed by atoms with van der Waals surface area (Å²) in [5, 5.41) is 7.19. The Morgan fingerprint density at radius 3 is 1.70 bits per heavy atom. The molecule has 11 rings (SSSR count). The average Bonchev–Trinajstić information content (AvgIpc) is 3.84. The third kappa shape index (κ3) is 3.92. The van der Waals surface area contributed by atoms with E-state index in [0.29, 0.717) is 17.5 Å². The van der Waals surface area contributed by atoms with E-state index >= 15 is 0 Å². The van der Waals surface area contributed by atoms with Crippen LogP contribution in [-0.4, -0.2) is 19.4 Å². The molecule has 11 aromatic rings. The van der Waals surface area contributed by atoms with Crippen molar-refractivity contribution in [1.29, 1.82) is 0 Å². The third-order valence-electron chi connectivity index (χ3n) is 9.97. The summed E-state index contributed by atoms with van der Waals surface area (Å²) in [4.78, 5) is 14.8. The van der Waals surface area contributed by atoms with Gasteiger partial charge in [0, 0.05) is 54.6 Å². The molecular weight excluding hydrogens is 613 g/mol. The third-order valence-corrected chi connectivity index (χ3v) is 9.97. The molecule has 0 radical (unpaired) electrons. The second-order valence-electron chi connectivity index (χ2n) is 12.8. The monoisotopic (exact) mass is 638 g/mol. The summed E-state index contributed by atoms with van der Waals surface area (Å²) in [5.41, 5.74) is 10.3. The van der Waals surface area contributed by atoms with Crippen molar-refractivity contribution in [3.63, 3.8) is 0 Å². The fourth-order valence-corrected chi connectivity index (χ4v) is 7.71. The Kier molecular flexibility index (Phi) is 5.60. The van der Waals surface area contributed by atoms with Crippen LogP contribution in [0.15, 0.2) is 162 Å². The molecule has 0 amide bonds. The molecule has 5 heteroatoms. The molecule has 0 bridgehead atoms. The van der Waals surface area contributed by atoms with E-state index in [1.807, 2.05) is 60.7 Å². The van der Waals surface area contributed by atoms with E-state index in [9.17, 15) is 0 Å². The highest BCUT2D eigenvalue weighted by Crippen LogP contribution is 2.43. The zero-order valence-electron chi connectivity index (χ0n) is 26.7. The van der Waals surface area contributed by atoms with Crippen LogP contribution in [0, 0.1) is 0 Å². The number of para-hydroxylation sites is 3.